The van der Waals surface area contributed by atoms with Crippen LogP contribution in [0.25, 0.3) is 6.08 Å². The van der Waals surface area contributed by atoms with Crippen LogP contribution >= 0.6 is 0 Å². The minimum atomic E-state index is -0.899. The third kappa shape index (κ3) is 2.86. The number of carbonyl (C=O) groups excluding carboxylic acids is 1. The maximum Gasteiger partial charge on any atom is 0.368 e. The van der Waals surface area contributed by atoms with Crippen molar-refractivity contribution in [3.05, 3.63) is 79.4 Å². The molecule has 0 bridgehead atoms. The van der Waals surface area contributed by atoms with Crippen LogP contribution in [0.15, 0.2) is 53.2 Å². The molecule has 2 aromatic carbocycles. The van der Waals surface area contributed by atoms with Crippen LogP contribution < -0.4 is 0 Å². The number of nitrogens with zero attached hydrogens (tertiary/aromatic N) is 3. The molecule has 10 heteroatoms. The second-order valence-electron chi connectivity index (χ2n) is 5.12. The van der Waals surface area contributed by atoms with Gasteiger partial charge in [-0.25, -0.2) is 4.79 Å². The molecule has 0 fully saturated rings. The fourth-order valence-corrected chi connectivity index (χ4v) is 2.40. The molecule has 26 heavy (non-hydrogen) atoms. The van der Waals surface area contributed by atoms with Gasteiger partial charge in [-0.2, -0.15) is 0 Å². The molecular weight excluding hydrogens is 346 g/mol. The first-order chi connectivity index (χ1) is 12.4. The summed E-state index contributed by atoms with van der Waals surface area (Å²) < 4.78 is 0. The van der Waals surface area contributed by atoms with Crippen molar-refractivity contribution in [3.8, 4) is 5.75 Å². The third-order valence-corrected chi connectivity index (χ3v) is 3.59. The average Bonchev–Trinajstić information content (AvgIpc) is 2.97. The fraction of sp³-hybridized carbons (Fsp3) is 0. The first-order valence-corrected chi connectivity index (χ1v) is 7.11. The molecule has 0 aromatic heterocycles. The van der Waals surface area contributed by atoms with E-state index in [0.717, 1.165) is 12.1 Å². The fourth-order valence-electron chi connectivity index (χ4n) is 2.40. The van der Waals surface area contributed by atoms with Crippen molar-refractivity contribution in [3.63, 3.8) is 0 Å². The van der Waals surface area contributed by atoms with Gasteiger partial charge >= 0.3 is 11.7 Å². The Labute approximate surface area is 144 Å². The van der Waals surface area contributed by atoms with E-state index < -0.39 is 27.3 Å². The Morgan fingerprint density at radius 2 is 1.65 bits per heavy atom. The van der Waals surface area contributed by atoms with E-state index in [2.05, 4.69) is 9.99 Å². The summed E-state index contributed by atoms with van der Waals surface area (Å²) in [5.41, 5.74) is -1.10. The Balaban J connectivity index is 2.13. The summed E-state index contributed by atoms with van der Waals surface area (Å²) in [4.78, 5) is 37.3. The minimum Gasteiger partial charge on any atom is -0.502 e. The summed E-state index contributed by atoms with van der Waals surface area (Å²) in [5.74, 6) is -1.55. The van der Waals surface area contributed by atoms with Crippen LogP contribution in [0.5, 0.6) is 5.75 Å². The molecule has 0 atom stereocenters. The molecule has 0 saturated heterocycles. The molecule has 130 valence electrons. The molecule has 1 aliphatic heterocycles. The van der Waals surface area contributed by atoms with Gasteiger partial charge in [0.05, 0.1) is 21.0 Å². The third-order valence-electron chi connectivity index (χ3n) is 3.59. The number of hydrogen-bond acceptors (Lipinski definition) is 8. The second kappa shape index (κ2) is 6.43. The van der Waals surface area contributed by atoms with Crippen LogP contribution in [0.4, 0.5) is 11.4 Å². The summed E-state index contributed by atoms with van der Waals surface area (Å²) in [5, 5.41) is 35.7. The van der Waals surface area contributed by atoms with Crippen LogP contribution in [0, 0.1) is 20.2 Å². The van der Waals surface area contributed by atoms with Gasteiger partial charge in [-0.3, -0.25) is 20.2 Å². The Morgan fingerprint density at radius 1 is 1.00 bits per heavy atom. The zero-order valence-electron chi connectivity index (χ0n) is 12.9. The van der Waals surface area contributed by atoms with Crippen LogP contribution in [-0.2, 0) is 9.63 Å². The first-order valence-electron chi connectivity index (χ1n) is 7.11. The smallest absolute Gasteiger partial charge is 0.368 e. The Kier molecular flexibility index (Phi) is 4.15. The van der Waals surface area contributed by atoms with Gasteiger partial charge in [0.1, 0.15) is 5.71 Å². The van der Waals surface area contributed by atoms with E-state index in [1.165, 1.54) is 36.4 Å². The number of hydrogen-bond donors (Lipinski definition) is 1. The predicted octanol–water partition coefficient (Wildman–Crippen LogP) is 2.55. The van der Waals surface area contributed by atoms with Gasteiger partial charge in [-0.05, 0) is 12.1 Å². The minimum absolute atomic E-state index is 0.0284. The molecule has 2 aromatic rings. The Hall–Kier alpha value is -4.08. The number of phenols is 1. The number of para-hydroxylation sites is 2. The van der Waals surface area contributed by atoms with E-state index in [4.69, 9.17) is 0 Å². The van der Waals surface area contributed by atoms with Gasteiger partial charge in [0, 0.05) is 17.7 Å². The van der Waals surface area contributed by atoms with Gasteiger partial charge in [0.15, 0.2) is 0 Å². The van der Waals surface area contributed by atoms with Crippen LogP contribution in [0.1, 0.15) is 11.1 Å². The lowest BCUT2D eigenvalue weighted by Crippen LogP contribution is -2.09. The molecule has 0 amide bonds. The van der Waals surface area contributed by atoms with Gasteiger partial charge in [0.2, 0.25) is 5.75 Å². The van der Waals surface area contributed by atoms with Crippen LogP contribution in [0.3, 0.4) is 0 Å². The lowest BCUT2D eigenvalue weighted by molar-refractivity contribution is -0.385. The van der Waals surface area contributed by atoms with Crippen molar-refractivity contribution < 1.29 is 24.6 Å². The van der Waals surface area contributed by atoms with Crippen molar-refractivity contribution in [2.75, 3.05) is 0 Å². The predicted molar refractivity (Wildman–Crippen MR) is 88.5 cm³/mol. The molecule has 0 aliphatic carbocycles. The van der Waals surface area contributed by atoms with Gasteiger partial charge in [-0.15, -0.1) is 0 Å². The SMILES string of the molecule is O=C1ON=C(c2ccccc2[N+](=O)[O-])/C1=C/c1cccc([N+](=O)[O-])c1O. The molecule has 0 spiro atoms. The largest absolute Gasteiger partial charge is 0.502 e. The van der Waals surface area contributed by atoms with E-state index >= 15 is 0 Å². The summed E-state index contributed by atoms with van der Waals surface area (Å²) in [6.07, 6.45) is 1.13. The Morgan fingerprint density at radius 3 is 2.35 bits per heavy atom. The maximum absolute atomic E-state index is 12.0. The Bertz CT molecular complexity index is 1010. The number of oxime groups is 1. The number of nitro benzene ring substituents is 2. The van der Waals surface area contributed by atoms with E-state index in [9.17, 15) is 30.1 Å². The second-order valence-corrected chi connectivity index (χ2v) is 5.12. The van der Waals surface area contributed by atoms with Crippen molar-refractivity contribution in [2.45, 2.75) is 0 Å². The van der Waals surface area contributed by atoms with Crippen molar-refractivity contribution in [1.82, 2.24) is 0 Å². The monoisotopic (exact) mass is 355 g/mol. The highest BCUT2D eigenvalue weighted by Crippen LogP contribution is 2.33. The zero-order chi connectivity index (χ0) is 18.8. The summed E-state index contributed by atoms with van der Waals surface area (Å²) in [7, 11) is 0. The average molecular weight is 355 g/mol. The molecule has 1 aliphatic rings. The molecule has 0 radical (unpaired) electrons. The molecule has 0 unspecified atom stereocenters. The maximum atomic E-state index is 12.0. The normalized spacial score (nSPS) is 14.8. The topological polar surface area (TPSA) is 145 Å². The molecule has 3 rings (SSSR count). The zero-order valence-corrected chi connectivity index (χ0v) is 12.9. The highest BCUT2D eigenvalue weighted by Gasteiger charge is 2.32. The van der Waals surface area contributed by atoms with Gasteiger partial charge in [-0.1, -0.05) is 29.4 Å². The van der Waals surface area contributed by atoms with E-state index in [0.29, 0.717) is 0 Å². The standard InChI is InChI=1S/C16H9N3O7/c20-15-9(4-3-7-13(15)19(24)25)8-11-14(17-26-16(11)21)10-5-1-2-6-12(10)18(22)23/h1-8,20H/b11-8-. The number of rotatable bonds is 4. The first kappa shape index (κ1) is 16.8. The number of carbonyl (C=O) groups is 1. The number of phenolic OH excluding ortho intramolecular Hbond substituents is 1. The van der Waals surface area contributed by atoms with E-state index in [-0.39, 0.29) is 28.1 Å². The van der Waals surface area contributed by atoms with Gasteiger partial charge < -0.3 is 9.94 Å². The molecule has 0 saturated carbocycles. The quantitative estimate of drug-likeness (QED) is 0.384. The summed E-state index contributed by atoms with van der Waals surface area (Å²) in [6, 6.07) is 9.38. The highest BCUT2D eigenvalue weighted by atomic mass is 16.7. The lowest BCUT2D eigenvalue weighted by Gasteiger charge is -2.04. The lowest BCUT2D eigenvalue weighted by atomic mass is 9.99. The van der Waals surface area contributed by atoms with Crippen molar-refractivity contribution in [1.29, 1.82) is 0 Å². The molecular formula is C16H9N3O7. The van der Waals surface area contributed by atoms with E-state index in [1.807, 2.05) is 0 Å². The molecule has 1 N–H and O–H groups in total. The number of benzene rings is 2. The molecule has 1 heterocycles. The van der Waals surface area contributed by atoms with E-state index in [1.54, 1.807) is 0 Å². The summed E-state index contributed by atoms with van der Waals surface area (Å²) in [6.45, 7) is 0. The van der Waals surface area contributed by atoms with Crippen molar-refractivity contribution in [2.24, 2.45) is 5.16 Å². The molecule has 10 nitrogen and oxygen atoms in total. The summed E-state index contributed by atoms with van der Waals surface area (Å²) >= 11 is 0. The van der Waals surface area contributed by atoms with Crippen molar-refractivity contribution >= 4 is 29.1 Å². The number of aromatic hydroxyl groups is 1. The van der Waals surface area contributed by atoms with Crippen LogP contribution in [-0.4, -0.2) is 26.6 Å². The number of nitro groups is 2. The van der Waals surface area contributed by atoms with Gasteiger partial charge in [0.25, 0.3) is 5.69 Å². The highest BCUT2D eigenvalue weighted by molar-refractivity contribution is 6.32. The van der Waals surface area contributed by atoms with Crippen LogP contribution in [0.2, 0.25) is 0 Å².